The van der Waals surface area contributed by atoms with Crippen LogP contribution in [0.5, 0.6) is 5.88 Å². The van der Waals surface area contributed by atoms with Crippen molar-refractivity contribution < 1.29 is 4.74 Å². The van der Waals surface area contributed by atoms with Crippen LogP contribution in [0.4, 0.5) is 0 Å². The number of nitrogens with one attached hydrogen (secondary N) is 2. The smallest absolute Gasteiger partial charge is 0.218 e. The molecule has 0 saturated heterocycles. The topological polar surface area (TPSA) is 58.5 Å². The van der Waals surface area contributed by atoms with E-state index in [-0.39, 0.29) is 24.0 Å². The molecule has 0 amide bonds. The first-order valence-corrected chi connectivity index (χ1v) is 8.37. The third-order valence-electron chi connectivity index (χ3n) is 3.91. The Labute approximate surface area is 156 Å². The van der Waals surface area contributed by atoms with Crippen LogP contribution in [0.1, 0.15) is 51.0 Å². The summed E-state index contributed by atoms with van der Waals surface area (Å²) >= 11 is 0. The molecule has 130 valence electrons. The van der Waals surface area contributed by atoms with Crippen molar-refractivity contribution in [3.05, 3.63) is 23.9 Å². The quantitative estimate of drug-likeness (QED) is 0.411. The molecule has 5 nitrogen and oxygen atoms in total. The summed E-state index contributed by atoms with van der Waals surface area (Å²) in [5.74, 6) is 1.57. The largest absolute Gasteiger partial charge is 0.477 e. The number of aromatic nitrogens is 1. The number of ether oxygens (including phenoxy) is 1. The van der Waals surface area contributed by atoms with E-state index in [1.165, 1.54) is 32.1 Å². The minimum atomic E-state index is 0. The van der Waals surface area contributed by atoms with Crippen molar-refractivity contribution in [2.75, 3.05) is 13.7 Å². The summed E-state index contributed by atoms with van der Waals surface area (Å²) in [6.45, 7) is 3.45. The maximum Gasteiger partial charge on any atom is 0.218 e. The fraction of sp³-hybridized carbons (Fsp3) is 0.647. The lowest BCUT2D eigenvalue weighted by atomic mass is 9.96. The van der Waals surface area contributed by atoms with Gasteiger partial charge in [0.2, 0.25) is 5.88 Å². The van der Waals surface area contributed by atoms with E-state index in [0.29, 0.717) is 25.1 Å². The van der Waals surface area contributed by atoms with Gasteiger partial charge in [-0.25, -0.2) is 4.98 Å². The monoisotopic (exact) mass is 432 g/mol. The molecule has 2 rings (SSSR count). The molecule has 0 aromatic carbocycles. The van der Waals surface area contributed by atoms with E-state index in [9.17, 15) is 0 Å². The Kier molecular flexibility index (Phi) is 9.98. The second kappa shape index (κ2) is 11.5. The van der Waals surface area contributed by atoms with E-state index in [1.54, 1.807) is 6.20 Å². The highest BCUT2D eigenvalue weighted by atomic mass is 127. The summed E-state index contributed by atoms with van der Waals surface area (Å²) < 4.78 is 5.69. The zero-order valence-corrected chi connectivity index (χ0v) is 16.5. The number of nitrogens with zero attached hydrogens (tertiary/aromatic N) is 2. The molecule has 0 atom stereocenters. The van der Waals surface area contributed by atoms with Crippen LogP contribution in [-0.4, -0.2) is 30.6 Å². The second-order valence-corrected chi connectivity index (χ2v) is 5.72. The summed E-state index contributed by atoms with van der Waals surface area (Å²) in [6, 6.07) is 4.52. The highest BCUT2D eigenvalue weighted by Gasteiger charge is 2.14. The Morgan fingerprint density at radius 2 is 2.13 bits per heavy atom. The third kappa shape index (κ3) is 6.93. The molecule has 1 aliphatic rings. The SMILES string of the molecule is CCCOc1ncccc1CNC(=NC)NC1CCCCC1.I. The van der Waals surface area contributed by atoms with Crippen molar-refractivity contribution >= 4 is 29.9 Å². The van der Waals surface area contributed by atoms with Crippen molar-refractivity contribution in [1.82, 2.24) is 15.6 Å². The number of hydrogen-bond acceptors (Lipinski definition) is 3. The van der Waals surface area contributed by atoms with Gasteiger partial charge in [-0.1, -0.05) is 32.3 Å². The Balaban J connectivity index is 0.00000264. The summed E-state index contributed by atoms with van der Waals surface area (Å²) in [5.41, 5.74) is 1.06. The third-order valence-corrected chi connectivity index (χ3v) is 3.91. The van der Waals surface area contributed by atoms with Gasteiger partial charge in [0.05, 0.1) is 6.61 Å². The number of rotatable bonds is 6. The van der Waals surface area contributed by atoms with Crippen LogP contribution in [0, 0.1) is 0 Å². The van der Waals surface area contributed by atoms with Crippen molar-refractivity contribution in [2.45, 2.75) is 58.0 Å². The molecule has 1 aliphatic carbocycles. The molecule has 1 saturated carbocycles. The number of halogens is 1. The summed E-state index contributed by atoms with van der Waals surface area (Å²) in [7, 11) is 1.82. The molecule has 0 unspecified atom stereocenters. The summed E-state index contributed by atoms with van der Waals surface area (Å²) in [4.78, 5) is 8.64. The van der Waals surface area contributed by atoms with E-state index in [4.69, 9.17) is 4.74 Å². The van der Waals surface area contributed by atoms with Crippen LogP contribution in [0.3, 0.4) is 0 Å². The Morgan fingerprint density at radius 3 is 2.83 bits per heavy atom. The average molecular weight is 432 g/mol. The van der Waals surface area contributed by atoms with Crippen molar-refractivity contribution in [3.8, 4) is 5.88 Å². The Bertz CT molecular complexity index is 475. The molecule has 1 aromatic heterocycles. The number of hydrogen-bond donors (Lipinski definition) is 2. The Morgan fingerprint density at radius 1 is 1.35 bits per heavy atom. The van der Waals surface area contributed by atoms with Gasteiger partial charge in [-0.15, -0.1) is 24.0 Å². The number of guanidine groups is 1. The molecule has 1 aromatic rings. The van der Waals surface area contributed by atoms with Gasteiger partial charge in [0, 0.05) is 31.4 Å². The highest BCUT2D eigenvalue weighted by Crippen LogP contribution is 2.17. The molecular formula is C17H29IN4O. The molecule has 0 spiro atoms. The fourth-order valence-electron chi connectivity index (χ4n) is 2.70. The molecule has 23 heavy (non-hydrogen) atoms. The van der Waals surface area contributed by atoms with Gasteiger partial charge >= 0.3 is 0 Å². The standard InChI is InChI=1S/C17H28N4O.HI/c1-3-12-22-16-14(8-7-11-19-16)13-20-17(18-2)21-15-9-5-4-6-10-15;/h7-8,11,15H,3-6,9-10,12-13H2,1-2H3,(H2,18,20,21);1H. The lowest BCUT2D eigenvalue weighted by molar-refractivity contribution is 0.301. The first-order valence-electron chi connectivity index (χ1n) is 8.37. The molecular weight excluding hydrogens is 403 g/mol. The van der Waals surface area contributed by atoms with Gasteiger partial charge < -0.3 is 15.4 Å². The van der Waals surface area contributed by atoms with Gasteiger partial charge in [-0.3, -0.25) is 4.99 Å². The van der Waals surface area contributed by atoms with E-state index >= 15 is 0 Å². The van der Waals surface area contributed by atoms with Crippen LogP contribution >= 0.6 is 24.0 Å². The molecule has 1 heterocycles. The van der Waals surface area contributed by atoms with Crippen LogP contribution < -0.4 is 15.4 Å². The van der Waals surface area contributed by atoms with E-state index < -0.39 is 0 Å². The molecule has 6 heteroatoms. The number of aliphatic imine (C=N–C) groups is 1. The first kappa shape index (κ1) is 20.0. The predicted octanol–water partition coefficient (Wildman–Crippen LogP) is 3.49. The zero-order valence-electron chi connectivity index (χ0n) is 14.2. The van der Waals surface area contributed by atoms with Gasteiger partial charge in [-0.2, -0.15) is 0 Å². The zero-order chi connectivity index (χ0) is 15.6. The predicted molar refractivity (Wildman–Crippen MR) is 106 cm³/mol. The average Bonchev–Trinajstić information content (AvgIpc) is 2.58. The molecule has 2 N–H and O–H groups in total. The van der Waals surface area contributed by atoms with Crippen LogP contribution in [-0.2, 0) is 6.54 Å². The van der Waals surface area contributed by atoms with Gasteiger partial charge in [0.1, 0.15) is 0 Å². The highest BCUT2D eigenvalue weighted by molar-refractivity contribution is 14.0. The van der Waals surface area contributed by atoms with Gasteiger partial charge in [0.25, 0.3) is 0 Å². The van der Waals surface area contributed by atoms with Crippen LogP contribution in [0.15, 0.2) is 23.3 Å². The maximum absolute atomic E-state index is 5.69. The second-order valence-electron chi connectivity index (χ2n) is 5.72. The van der Waals surface area contributed by atoms with Crippen molar-refractivity contribution in [1.29, 1.82) is 0 Å². The van der Waals surface area contributed by atoms with Crippen LogP contribution in [0.2, 0.25) is 0 Å². The Hall–Kier alpha value is -1.05. The summed E-state index contributed by atoms with van der Waals surface area (Å²) in [6.07, 6.45) is 9.20. The van der Waals surface area contributed by atoms with Gasteiger partial charge in [-0.05, 0) is 25.3 Å². The van der Waals surface area contributed by atoms with E-state index in [2.05, 4.69) is 27.5 Å². The van der Waals surface area contributed by atoms with Gasteiger partial charge in [0.15, 0.2) is 5.96 Å². The normalized spacial score (nSPS) is 15.7. The molecule has 1 fully saturated rings. The minimum absolute atomic E-state index is 0. The van der Waals surface area contributed by atoms with Crippen molar-refractivity contribution in [3.63, 3.8) is 0 Å². The molecule has 0 bridgehead atoms. The molecule has 0 radical (unpaired) electrons. The van der Waals surface area contributed by atoms with E-state index in [1.807, 2.05) is 19.2 Å². The minimum Gasteiger partial charge on any atom is -0.477 e. The van der Waals surface area contributed by atoms with Crippen molar-refractivity contribution in [2.24, 2.45) is 4.99 Å². The van der Waals surface area contributed by atoms with Crippen LogP contribution in [0.25, 0.3) is 0 Å². The fourth-order valence-corrected chi connectivity index (χ4v) is 2.70. The first-order chi connectivity index (χ1) is 10.8. The molecule has 0 aliphatic heterocycles. The lowest BCUT2D eigenvalue weighted by Crippen LogP contribution is -2.43. The van der Waals surface area contributed by atoms with E-state index in [0.717, 1.165) is 17.9 Å². The number of pyridine rings is 1. The maximum atomic E-state index is 5.69. The summed E-state index contributed by atoms with van der Waals surface area (Å²) in [5, 5.41) is 6.88. The lowest BCUT2D eigenvalue weighted by Gasteiger charge is -2.25.